The first kappa shape index (κ1) is 12.9. The van der Waals surface area contributed by atoms with E-state index in [2.05, 4.69) is 5.10 Å². The van der Waals surface area contributed by atoms with E-state index in [4.69, 9.17) is 5.11 Å². The van der Waals surface area contributed by atoms with E-state index < -0.39 is 5.97 Å². The van der Waals surface area contributed by atoms with Crippen LogP contribution in [0.3, 0.4) is 0 Å². The molecular weight excluding hydrogens is 260 g/mol. The molecule has 3 rings (SSSR count). The van der Waals surface area contributed by atoms with E-state index in [-0.39, 0.29) is 12.2 Å². The van der Waals surface area contributed by atoms with Crippen molar-refractivity contribution >= 4 is 11.6 Å². The maximum absolute atomic E-state index is 12.1. The summed E-state index contributed by atoms with van der Waals surface area (Å²) in [7, 11) is 0. The molecular formula is C13H16N4O3. The molecule has 0 spiro atoms. The molecule has 0 radical (unpaired) electrons. The number of carbonyl (C=O) groups is 1. The molecule has 2 aromatic rings. The van der Waals surface area contributed by atoms with Gasteiger partial charge in [0.05, 0.1) is 13.1 Å². The van der Waals surface area contributed by atoms with Crippen molar-refractivity contribution in [3.05, 3.63) is 34.9 Å². The first-order valence-corrected chi connectivity index (χ1v) is 6.65. The van der Waals surface area contributed by atoms with Gasteiger partial charge in [0.15, 0.2) is 5.65 Å². The smallest absolute Gasteiger partial charge is 0.350 e. The number of carboxylic acid groups (broad SMARTS) is 1. The van der Waals surface area contributed by atoms with Crippen LogP contribution in [0.15, 0.2) is 29.2 Å². The predicted molar refractivity (Wildman–Crippen MR) is 71.7 cm³/mol. The monoisotopic (exact) mass is 276 g/mol. The number of carboxylic acids is 1. The Hall–Kier alpha value is -2.15. The zero-order valence-corrected chi connectivity index (χ0v) is 11.0. The van der Waals surface area contributed by atoms with Crippen LogP contribution in [0.5, 0.6) is 0 Å². The summed E-state index contributed by atoms with van der Waals surface area (Å²) in [5, 5.41) is 13.1. The topological polar surface area (TPSA) is 79.8 Å². The van der Waals surface area contributed by atoms with Gasteiger partial charge in [-0.2, -0.15) is 0 Å². The Bertz CT molecular complexity index is 686. The van der Waals surface area contributed by atoms with Gasteiger partial charge in [0, 0.05) is 18.8 Å². The second kappa shape index (κ2) is 5.09. The van der Waals surface area contributed by atoms with Gasteiger partial charge in [-0.05, 0) is 25.0 Å². The molecule has 0 saturated heterocycles. The lowest BCUT2D eigenvalue weighted by Gasteiger charge is -2.18. The molecule has 1 aliphatic rings. The van der Waals surface area contributed by atoms with Crippen molar-refractivity contribution in [1.82, 2.24) is 19.1 Å². The van der Waals surface area contributed by atoms with Gasteiger partial charge in [0.1, 0.15) is 0 Å². The molecule has 0 unspecified atom stereocenters. The summed E-state index contributed by atoms with van der Waals surface area (Å²) in [5.41, 5.74) is 0.417. The molecule has 1 fully saturated rings. The van der Waals surface area contributed by atoms with Crippen LogP contribution >= 0.6 is 0 Å². The van der Waals surface area contributed by atoms with Gasteiger partial charge < -0.3 is 5.11 Å². The molecule has 0 atom stereocenters. The fourth-order valence-electron chi connectivity index (χ4n) is 2.34. The maximum Gasteiger partial charge on any atom is 0.350 e. The number of hydrogen-bond donors (Lipinski definition) is 1. The van der Waals surface area contributed by atoms with Gasteiger partial charge in [-0.15, -0.1) is 5.10 Å². The summed E-state index contributed by atoms with van der Waals surface area (Å²) in [6, 6.07) is 5.72. The van der Waals surface area contributed by atoms with Gasteiger partial charge in [0.25, 0.3) is 0 Å². The highest BCUT2D eigenvalue weighted by atomic mass is 16.4. The molecule has 0 aliphatic heterocycles. The molecule has 0 aromatic carbocycles. The fourth-order valence-corrected chi connectivity index (χ4v) is 2.34. The summed E-state index contributed by atoms with van der Waals surface area (Å²) in [5.74, 6) is -0.834. The minimum absolute atomic E-state index is 0.0206. The highest BCUT2D eigenvalue weighted by molar-refractivity contribution is 5.69. The minimum Gasteiger partial charge on any atom is -0.480 e. The summed E-state index contributed by atoms with van der Waals surface area (Å²) in [6.45, 7) is 0.956. The van der Waals surface area contributed by atoms with Crippen LogP contribution in [0.25, 0.3) is 5.65 Å². The summed E-state index contributed by atoms with van der Waals surface area (Å²) < 4.78 is 2.88. The highest BCUT2D eigenvalue weighted by Gasteiger charge is 2.30. The number of fused-ring (bicyclic) bond motifs is 1. The lowest BCUT2D eigenvalue weighted by atomic mass is 10.4. The Kier molecular flexibility index (Phi) is 3.27. The van der Waals surface area contributed by atoms with Gasteiger partial charge in [-0.3, -0.25) is 14.1 Å². The van der Waals surface area contributed by atoms with E-state index in [9.17, 15) is 9.59 Å². The Balaban J connectivity index is 1.74. The van der Waals surface area contributed by atoms with Crippen LogP contribution in [-0.2, 0) is 11.3 Å². The normalized spacial score (nSPS) is 15.1. The molecule has 2 aromatic heterocycles. The van der Waals surface area contributed by atoms with Crippen molar-refractivity contribution in [3.63, 3.8) is 0 Å². The number of pyridine rings is 1. The SMILES string of the molecule is O=C(O)CN(CCn1nc2ccccn2c1=O)C1CC1. The Labute approximate surface area is 115 Å². The van der Waals surface area contributed by atoms with E-state index in [1.165, 1.54) is 9.08 Å². The van der Waals surface area contributed by atoms with E-state index in [1.54, 1.807) is 18.3 Å². The van der Waals surface area contributed by atoms with Gasteiger partial charge in [-0.25, -0.2) is 9.48 Å². The van der Waals surface area contributed by atoms with Gasteiger partial charge in [0.2, 0.25) is 0 Å². The van der Waals surface area contributed by atoms with Crippen LogP contribution in [0.4, 0.5) is 0 Å². The molecule has 0 amide bonds. The van der Waals surface area contributed by atoms with Crippen molar-refractivity contribution in [2.45, 2.75) is 25.4 Å². The van der Waals surface area contributed by atoms with Crippen LogP contribution in [0.2, 0.25) is 0 Å². The van der Waals surface area contributed by atoms with E-state index in [0.717, 1.165) is 12.8 Å². The lowest BCUT2D eigenvalue weighted by Crippen LogP contribution is -2.36. The first-order chi connectivity index (χ1) is 9.65. The Morgan fingerprint density at radius 3 is 2.90 bits per heavy atom. The van der Waals surface area contributed by atoms with Crippen molar-refractivity contribution in [2.24, 2.45) is 0 Å². The highest BCUT2D eigenvalue weighted by Crippen LogP contribution is 2.26. The first-order valence-electron chi connectivity index (χ1n) is 6.65. The average Bonchev–Trinajstić information content (AvgIpc) is 3.21. The molecule has 7 nitrogen and oxygen atoms in total. The predicted octanol–water partition coefficient (Wildman–Crippen LogP) is 0.0450. The Morgan fingerprint density at radius 2 is 2.25 bits per heavy atom. The zero-order valence-electron chi connectivity index (χ0n) is 11.0. The quantitative estimate of drug-likeness (QED) is 0.806. The van der Waals surface area contributed by atoms with E-state index in [0.29, 0.717) is 24.8 Å². The van der Waals surface area contributed by atoms with E-state index in [1.807, 2.05) is 11.0 Å². The molecule has 1 aliphatic carbocycles. The summed E-state index contributed by atoms with van der Waals surface area (Å²) in [4.78, 5) is 24.8. The second-order valence-corrected chi connectivity index (χ2v) is 5.03. The maximum atomic E-state index is 12.1. The van der Waals surface area contributed by atoms with Crippen molar-refractivity contribution < 1.29 is 9.90 Å². The number of rotatable bonds is 6. The molecule has 1 saturated carbocycles. The van der Waals surface area contributed by atoms with Crippen molar-refractivity contribution in [1.29, 1.82) is 0 Å². The molecule has 2 heterocycles. The number of nitrogens with zero attached hydrogens (tertiary/aromatic N) is 4. The average molecular weight is 276 g/mol. The fraction of sp³-hybridized carbons (Fsp3) is 0.462. The number of aromatic nitrogens is 3. The molecule has 106 valence electrons. The lowest BCUT2D eigenvalue weighted by molar-refractivity contribution is -0.138. The zero-order chi connectivity index (χ0) is 14.1. The van der Waals surface area contributed by atoms with Crippen LogP contribution in [0, 0.1) is 0 Å². The third-order valence-electron chi connectivity index (χ3n) is 3.49. The molecule has 1 N–H and O–H groups in total. The van der Waals surface area contributed by atoms with Gasteiger partial charge >= 0.3 is 11.7 Å². The van der Waals surface area contributed by atoms with Crippen LogP contribution in [-0.4, -0.2) is 49.3 Å². The van der Waals surface area contributed by atoms with Crippen molar-refractivity contribution in [2.75, 3.05) is 13.1 Å². The number of aliphatic carboxylic acids is 1. The largest absolute Gasteiger partial charge is 0.480 e. The van der Waals surface area contributed by atoms with Crippen LogP contribution < -0.4 is 5.69 Å². The van der Waals surface area contributed by atoms with E-state index >= 15 is 0 Å². The third-order valence-corrected chi connectivity index (χ3v) is 3.49. The third kappa shape index (κ3) is 2.57. The second-order valence-electron chi connectivity index (χ2n) is 5.03. The standard InChI is InChI=1S/C13H16N4O3/c18-12(19)9-15(10-4-5-10)7-8-17-13(20)16-6-2-1-3-11(16)14-17/h1-3,6,10H,4-5,7-9H2,(H,18,19). The Morgan fingerprint density at radius 1 is 1.45 bits per heavy atom. The molecule has 0 bridgehead atoms. The summed E-state index contributed by atoms with van der Waals surface area (Å²) in [6.07, 6.45) is 3.75. The summed E-state index contributed by atoms with van der Waals surface area (Å²) >= 11 is 0. The minimum atomic E-state index is -0.834. The van der Waals surface area contributed by atoms with Crippen molar-refractivity contribution in [3.8, 4) is 0 Å². The molecule has 20 heavy (non-hydrogen) atoms. The number of hydrogen-bond acceptors (Lipinski definition) is 4. The van der Waals surface area contributed by atoms with Gasteiger partial charge in [-0.1, -0.05) is 6.07 Å². The molecule has 7 heteroatoms. The van der Waals surface area contributed by atoms with Crippen LogP contribution in [0.1, 0.15) is 12.8 Å².